The molecule has 0 aromatic heterocycles. The molecule has 0 bridgehead atoms. The molecule has 0 saturated heterocycles. The number of unbranched alkanes of at least 4 members (excludes halogenated alkanes) is 1. The largest absolute Gasteiger partial charge is 0.508 e. The number of hydrogen-bond donors (Lipinski definition) is 6. The van der Waals surface area contributed by atoms with Crippen molar-refractivity contribution in [2.45, 2.75) is 37.8 Å². The number of phenols is 1. The van der Waals surface area contributed by atoms with Gasteiger partial charge in [0.15, 0.2) is 0 Å². The molecule has 2 atom stereocenters. The lowest BCUT2D eigenvalue weighted by molar-refractivity contribution is -0.138. The molecule has 0 saturated carbocycles. The van der Waals surface area contributed by atoms with E-state index < -0.39 is 36.4 Å². The summed E-state index contributed by atoms with van der Waals surface area (Å²) < 4.78 is 0. The zero-order valence-electron chi connectivity index (χ0n) is 14.5. The van der Waals surface area contributed by atoms with E-state index in [1.54, 1.807) is 12.1 Å². The van der Waals surface area contributed by atoms with Crippen molar-refractivity contribution in [2.75, 3.05) is 13.1 Å². The molecule has 26 heavy (non-hydrogen) atoms. The number of benzene rings is 1. The van der Waals surface area contributed by atoms with E-state index in [1.165, 1.54) is 12.1 Å². The third-order valence-electron chi connectivity index (χ3n) is 3.73. The fourth-order valence-electron chi connectivity index (χ4n) is 2.28. The van der Waals surface area contributed by atoms with Crippen LogP contribution < -0.4 is 22.1 Å². The number of phenolic OH excluding ortho intramolecular Hbond substituents is 1. The van der Waals surface area contributed by atoms with Gasteiger partial charge >= 0.3 is 5.97 Å². The monoisotopic (exact) mass is 366 g/mol. The van der Waals surface area contributed by atoms with E-state index in [0.717, 1.165) is 6.42 Å². The summed E-state index contributed by atoms with van der Waals surface area (Å²) in [4.78, 5) is 35.1. The van der Waals surface area contributed by atoms with Crippen LogP contribution in [0.5, 0.6) is 5.75 Å². The van der Waals surface area contributed by atoms with Gasteiger partial charge in [0.2, 0.25) is 11.8 Å². The summed E-state index contributed by atoms with van der Waals surface area (Å²) in [6, 6.07) is 4.38. The van der Waals surface area contributed by atoms with Crippen LogP contribution in [0.4, 0.5) is 0 Å². The minimum Gasteiger partial charge on any atom is -0.508 e. The number of hydrogen-bond acceptors (Lipinski definition) is 6. The number of carbonyl (C=O) groups is 3. The number of carboxylic acid groups (broad SMARTS) is 1. The van der Waals surface area contributed by atoms with E-state index in [1.807, 2.05) is 0 Å². The van der Waals surface area contributed by atoms with Crippen LogP contribution in [-0.2, 0) is 20.8 Å². The first-order valence-corrected chi connectivity index (χ1v) is 8.37. The Bertz CT molecular complexity index is 606. The lowest BCUT2D eigenvalue weighted by atomic mass is 10.0. The second kappa shape index (κ2) is 11.1. The fraction of sp³-hybridized carbons (Fsp3) is 0.471. The first-order chi connectivity index (χ1) is 12.3. The first-order valence-electron chi connectivity index (χ1n) is 8.37. The maximum Gasteiger partial charge on any atom is 0.322 e. The Kier molecular flexibility index (Phi) is 9.10. The summed E-state index contributed by atoms with van der Waals surface area (Å²) in [6.45, 7) is -0.0429. The Hall–Kier alpha value is -2.65. The van der Waals surface area contributed by atoms with Crippen molar-refractivity contribution in [1.82, 2.24) is 10.6 Å². The van der Waals surface area contributed by atoms with Crippen molar-refractivity contribution in [3.63, 3.8) is 0 Å². The number of carboxylic acids is 1. The van der Waals surface area contributed by atoms with E-state index in [4.69, 9.17) is 16.6 Å². The summed E-state index contributed by atoms with van der Waals surface area (Å²) in [5.41, 5.74) is 11.9. The Morgan fingerprint density at radius 1 is 1.08 bits per heavy atom. The number of carbonyl (C=O) groups excluding carboxylic acids is 2. The lowest BCUT2D eigenvalue weighted by Gasteiger charge is -2.20. The third kappa shape index (κ3) is 7.95. The third-order valence-corrected chi connectivity index (χ3v) is 3.73. The summed E-state index contributed by atoms with van der Waals surface area (Å²) in [5, 5.41) is 22.8. The maximum absolute atomic E-state index is 12.2. The molecule has 2 unspecified atom stereocenters. The summed E-state index contributed by atoms with van der Waals surface area (Å²) in [6.07, 6.45) is 2.01. The second-order valence-electron chi connectivity index (χ2n) is 5.93. The van der Waals surface area contributed by atoms with E-state index in [0.29, 0.717) is 24.9 Å². The van der Waals surface area contributed by atoms with Crippen molar-refractivity contribution in [2.24, 2.45) is 11.5 Å². The van der Waals surface area contributed by atoms with Crippen molar-refractivity contribution in [3.8, 4) is 5.75 Å². The van der Waals surface area contributed by atoms with Crippen LogP contribution in [0.2, 0.25) is 0 Å². The van der Waals surface area contributed by atoms with Crippen LogP contribution in [0.15, 0.2) is 24.3 Å². The van der Waals surface area contributed by atoms with E-state index in [2.05, 4.69) is 10.6 Å². The van der Waals surface area contributed by atoms with Gasteiger partial charge < -0.3 is 32.3 Å². The molecule has 1 aromatic carbocycles. The number of aliphatic carboxylic acids is 1. The Morgan fingerprint density at radius 3 is 2.31 bits per heavy atom. The summed E-state index contributed by atoms with van der Waals surface area (Å²) in [7, 11) is 0. The van der Waals surface area contributed by atoms with Gasteiger partial charge in [0.1, 0.15) is 18.3 Å². The highest BCUT2D eigenvalue weighted by atomic mass is 16.4. The molecule has 1 aromatic rings. The van der Waals surface area contributed by atoms with Gasteiger partial charge in [-0.25, -0.2) is 0 Å². The molecule has 9 heteroatoms. The van der Waals surface area contributed by atoms with Crippen molar-refractivity contribution in [3.05, 3.63) is 29.8 Å². The summed E-state index contributed by atoms with van der Waals surface area (Å²) >= 11 is 0. The Balaban J connectivity index is 2.75. The fourth-order valence-corrected chi connectivity index (χ4v) is 2.28. The quantitative estimate of drug-likeness (QED) is 0.275. The highest BCUT2D eigenvalue weighted by molar-refractivity contribution is 5.91. The molecule has 0 aliphatic carbocycles. The average Bonchev–Trinajstić information content (AvgIpc) is 2.60. The minimum atomic E-state index is -1.19. The molecule has 0 radical (unpaired) electrons. The Labute approximate surface area is 151 Å². The van der Waals surface area contributed by atoms with Gasteiger partial charge in [0, 0.05) is 6.42 Å². The van der Waals surface area contributed by atoms with Gasteiger partial charge in [0.25, 0.3) is 0 Å². The number of nitrogens with two attached hydrogens (primary N) is 2. The predicted molar refractivity (Wildman–Crippen MR) is 95.3 cm³/mol. The zero-order chi connectivity index (χ0) is 19.5. The molecule has 0 aliphatic heterocycles. The molecule has 1 rings (SSSR count). The van der Waals surface area contributed by atoms with Crippen molar-refractivity contribution in [1.29, 1.82) is 0 Å². The topological polar surface area (TPSA) is 168 Å². The van der Waals surface area contributed by atoms with Crippen LogP contribution in [0, 0.1) is 0 Å². The molecule has 0 spiro atoms. The SMILES string of the molecule is NCCCCC(N)C(=O)NC(Cc1ccc(O)cc1)C(=O)NCC(=O)O. The van der Waals surface area contributed by atoms with Crippen molar-refractivity contribution < 1.29 is 24.6 Å². The second-order valence-corrected chi connectivity index (χ2v) is 5.93. The molecule has 2 amide bonds. The van der Waals surface area contributed by atoms with Gasteiger partial charge in [-0.1, -0.05) is 18.6 Å². The number of nitrogens with one attached hydrogen (secondary N) is 2. The zero-order valence-corrected chi connectivity index (χ0v) is 14.5. The molecule has 144 valence electrons. The van der Waals surface area contributed by atoms with E-state index in [-0.39, 0.29) is 12.2 Å². The standard InChI is InChI=1S/C17H26N4O5/c18-8-2-1-3-13(19)16(25)21-14(17(26)20-10-15(23)24)9-11-4-6-12(22)7-5-11/h4-7,13-14,22H,1-3,8-10,18-19H2,(H,20,26)(H,21,25)(H,23,24). The number of amides is 2. The highest BCUT2D eigenvalue weighted by Crippen LogP contribution is 2.11. The lowest BCUT2D eigenvalue weighted by Crippen LogP contribution is -2.53. The van der Waals surface area contributed by atoms with Gasteiger partial charge in [-0.05, 0) is 37.1 Å². The summed E-state index contributed by atoms with van der Waals surface area (Å²) in [5.74, 6) is -2.22. The molecule has 8 N–H and O–H groups in total. The smallest absolute Gasteiger partial charge is 0.322 e. The van der Waals surface area contributed by atoms with Gasteiger partial charge in [0.05, 0.1) is 6.04 Å². The maximum atomic E-state index is 12.2. The minimum absolute atomic E-state index is 0.0755. The molecular weight excluding hydrogens is 340 g/mol. The van der Waals surface area contributed by atoms with Crippen LogP contribution >= 0.6 is 0 Å². The number of aromatic hydroxyl groups is 1. The van der Waals surface area contributed by atoms with Crippen LogP contribution in [0.25, 0.3) is 0 Å². The van der Waals surface area contributed by atoms with Crippen LogP contribution in [0.3, 0.4) is 0 Å². The average molecular weight is 366 g/mol. The van der Waals surface area contributed by atoms with Gasteiger partial charge in [-0.15, -0.1) is 0 Å². The van der Waals surface area contributed by atoms with E-state index >= 15 is 0 Å². The molecule has 0 fully saturated rings. The number of rotatable bonds is 11. The van der Waals surface area contributed by atoms with Crippen LogP contribution in [0.1, 0.15) is 24.8 Å². The first kappa shape index (κ1) is 21.4. The van der Waals surface area contributed by atoms with E-state index in [9.17, 15) is 19.5 Å². The molecule has 0 heterocycles. The van der Waals surface area contributed by atoms with Crippen LogP contribution in [-0.4, -0.2) is 53.2 Å². The van der Waals surface area contributed by atoms with Gasteiger partial charge in [-0.3, -0.25) is 14.4 Å². The molecular formula is C17H26N4O5. The van der Waals surface area contributed by atoms with Gasteiger partial charge in [-0.2, -0.15) is 0 Å². The highest BCUT2D eigenvalue weighted by Gasteiger charge is 2.24. The normalized spacial score (nSPS) is 12.8. The molecule has 0 aliphatic rings. The molecule has 9 nitrogen and oxygen atoms in total. The predicted octanol–water partition coefficient (Wildman–Crippen LogP) is -0.923. The van der Waals surface area contributed by atoms with Crippen molar-refractivity contribution >= 4 is 17.8 Å². The Morgan fingerprint density at radius 2 is 1.73 bits per heavy atom.